The maximum atomic E-state index is 13.6. The van der Waals surface area contributed by atoms with Crippen LogP contribution in [-0.2, 0) is 16.6 Å². The molecule has 0 aliphatic carbocycles. The van der Waals surface area contributed by atoms with Crippen molar-refractivity contribution < 1.29 is 18.3 Å². The summed E-state index contributed by atoms with van der Waals surface area (Å²) < 4.78 is 34.8. The summed E-state index contributed by atoms with van der Waals surface area (Å²) in [5.41, 5.74) is 8.23. The number of ether oxygens (including phenoxy) is 1. The molecule has 178 valence electrons. The molecule has 1 aliphatic heterocycles. The van der Waals surface area contributed by atoms with E-state index in [0.29, 0.717) is 28.8 Å². The molecule has 0 bridgehead atoms. The van der Waals surface area contributed by atoms with E-state index < -0.39 is 25.1 Å². The second-order valence-corrected chi connectivity index (χ2v) is 8.16. The molecule has 2 N–H and O–H groups in total. The lowest BCUT2D eigenvalue weighted by Gasteiger charge is -2.20. The lowest BCUT2D eigenvalue weighted by atomic mass is 10.0. The average molecular weight is 470 g/mol. The summed E-state index contributed by atoms with van der Waals surface area (Å²) in [6.45, 7) is -0.562. The number of hydrogen-bond acceptors (Lipinski definition) is 7. The molecule has 1 unspecified atom stereocenters. The van der Waals surface area contributed by atoms with Gasteiger partial charge in [-0.1, -0.05) is 30.3 Å². The molecule has 0 saturated carbocycles. The Kier molecular flexibility index (Phi) is 6.29. The molecule has 1 aliphatic rings. The van der Waals surface area contributed by atoms with Gasteiger partial charge in [0.1, 0.15) is 6.61 Å². The number of alkyl halides is 2. The molecule has 1 aromatic carbocycles. The number of benzene rings is 1. The van der Waals surface area contributed by atoms with E-state index in [1.807, 2.05) is 30.3 Å². The number of anilines is 1. The molecule has 4 rings (SSSR count). The number of carbonyl (C=O) groups is 1. The predicted molar refractivity (Wildman–Crippen MR) is 122 cm³/mol. The van der Waals surface area contributed by atoms with E-state index in [1.54, 1.807) is 26.4 Å². The van der Waals surface area contributed by atoms with Crippen LogP contribution in [0.15, 0.2) is 58.6 Å². The van der Waals surface area contributed by atoms with Gasteiger partial charge in [-0.25, -0.2) is 18.3 Å². The minimum Gasteiger partial charge on any atom is -0.370 e. The molecule has 34 heavy (non-hydrogen) atoms. The normalized spacial score (nSPS) is 17.6. The van der Waals surface area contributed by atoms with E-state index in [4.69, 9.17) is 10.5 Å². The number of nitrogens with zero attached hydrogens (tertiary/aromatic N) is 5. The molecule has 1 atom stereocenters. The second-order valence-electron chi connectivity index (χ2n) is 8.16. The minimum atomic E-state index is -2.88. The number of rotatable bonds is 6. The highest BCUT2D eigenvalue weighted by molar-refractivity contribution is 5.81. The third kappa shape index (κ3) is 4.74. The Morgan fingerprint density at radius 2 is 2.00 bits per heavy atom. The molecular weight excluding hydrogens is 446 g/mol. The zero-order valence-corrected chi connectivity index (χ0v) is 18.7. The van der Waals surface area contributed by atoms with Crippen LogP contribution in [0.2, 0.25) is 0 Å². The Balaban J connectivity index is 1.94. The first-order valence-corrected chi connectivity index (χ1v) is 10.5. The smallest absolute Gasteiger partial charge is 0.273 e. The summed E-state index contributed by atoms with van der Waals surface area (Å²) in [5, 5.41) is 5.98. The third-order valence-corrected chi connectivity index (χ3v) is 5.48. The topological polar surface area (TPSA) is 108 Å². The molecule has 0 radical (unpaired) electrons. The van der Waals surface area contributed by atoms with Crippen molar-refractivity contribution in [3.05, 3.63) is 64.5 Å². The van der Waals surface area contributed by atoms with Crippen LogP contribution in [-0.4, -0.2) is 57.8 Å². The Morgan fingerprint density at radius 1 is 1.26 bits per heavy atom. The fourth-order valence-electron chi connectivity index (χ4n) is 3.88. The molecule has 1 fully saturated rings. The van der Waals surface area contributed by atoms with Crippen molar-refractivity contribution in [1.82, 2.24) is 19.1 Å². The SMILES string of the molecule is CN(CC1CC(F)(F)CO1)/N=c1/c(-c2ccc(=O)n(C)c2)c(-c2ccccc2)nc(N)n1C=O. The number of hydrogen-bond donors (Lipinski definition) is 1. The third-order valence-electron chi connectivity index (χ3n) is 5.48. The van der Waals surface area contributed by atoms with E-state index in [-0.39, 0.29) is 23.5 Å². The number of halogens is 2. The van der Waals surface area contributed by atoms with Crippen molar-refractivity contribution >= 4 is 12.4 Å². The van der Waals surface area contributed by atoms with Crippen LogP contribution in [0.4, 0.5) is 14.7 Å². The lowest BCUT2D eigenvalue weighted by Crippen LogP contribution is -2.33. The number of carbonyl (C=O) groups excluding carboxylic acids is 1. The number of aromatic nitrogens is 3. The van der Waals surface area contributed by atoms with Crippen molar-refractivity contribution in [1.29, 1.82) is 0 Å². The zero-order valence-electron chi connectivity index (χ0n) is 18.7. The van der Waals surface area contributed by atoms with Gasteiger partial charge in [-0.2, -0.15) is 5.10 Å². The summed E-state index contributed by atoms with van der Waals surface area (Å²) in [4.78, 5) is 28.5. The van der Waals surface area contributed by atoms with Gasteiger partial charge in [-0.05, 0) is 6.07 Å². The molecule has 0 amide bonds. The van der Waals surface area contributed by atoms with Crippen LogP contribution in [0.25, 0.3) is 22.4 Å². The molecule has 0 spiro atoms. The number of aryl methyl sites for hydroxylation is 1. The van der Waals surface area contributed by atoms with Gasteiger partial charge in [0.25, 0.3) is 5.92 Å². The van der Waals surface area contributed by atoms with Crippen LogP contribution < -0.4 is 16.8 Å². The largest absolute Gasteiger partial charge is 0.370 e. The van der Waals surface area contributed by atoms with Gasteiger partial charge in [0, 0.05) is 43.9 Å². The molecule has 9 nitrogen and oxygen atoms in total. The van der Waals surface area contributed by atoms with Gasteiger partial charge in [0.05, 0.1) is 23.9 Å². The molecule has 3 aromatic rings. The second kappa shape index (κ2) is 9.18. The molecule has 2 aromatic heterocycles. The first-order valence-electron chi connectivity index (χ1n) is 10.5. The van der Waals surface area contributed by atoms with Crippen LogP contribution >= 0.6 is 0 Å². The summed E-state index contributed by atoms with van der Waals surface area (Å²) in [5.74, 6) is -2.98. The summed E-state index contributed by atoms with van der Waals surface area (Å²) in [6, 6.07) is 12.2. The fraction of sp³-hybridized carbons (Fsp3) is 0.304. The van der Waals surface area contributed by atoms with Crippen LogP contribution in [0.3, 0.4) is 0 Å². The quantitative estimate of drug-likeness (QED) is 0.434. The molecule has 1 saturated heterocycles. The van der Waals surface area contributed by atoms with Gasteiger partial charge in [0.2, 0.25) is 17.9 Å². The van der Waals surface area contributed by atoms with Crippen molar-refractivity contribution in [3.8, 4) is 22.4 Å². The molecule has 11 heteroatoms. The predicted octanol–water partition coefficient (Wildman–Crippen LogP) is 1.71. The van der Waals surface area contributed by atoms with Gasteiger partial charge < -0.3 is 15.0 Å². The van der Waals surface area contributed by atoms with Crippen molar-refractivity contribution in [2.45, 2.75) is 18.4 Å². The Morgan fingerprint density at radius 3 is 2.62 bits per heavy atom. The van der Waals surface area contributed by atoms with Gasteiger partial charge in [-0.15, -0.1) is 0 Å². The van der Waals surface area contributed by atoms with E-state index >= 15 is 0 Å². The average Bonchev–Trinajstić information content (AvgIpc) is 3.14. The summed E-state index contributed by atoms with van der Waals surface area (Å²) in [7, 11) is 3.20. The maximum Gasteiger partial charge on any atom is 0.273 e. The number of nitrogens with two attached hydrogens (primary N) is 1. The number of likely N-dealkylation sites (N-methyl/N-ethyl adjacent to an activating group) is 1. The molecular formula is C23H24F2N6O3. The number of nitrogen functional groups attached to an aromatic ring is 1. The van der Waals surface area contributed by atoms with Crippen molar-refractivity contribution in [2.75, 3.05) is 25.9 Å². The highest BCUT2D eigenvalue weighted by Gasteiger charge is 2.41. The standard InChI is InChI=1S/C23H24F2N6O3/c1-29-11-16(8-9-18(29)33)19-20(15-6-4-3-5-7-15)27-22(26)31(14-32)21(19)28-30(2)12-17-10-23(24,25)13-34-17/h3-9,11,14,17H,10,12-13H2,1-2H3,(H2,26,27)/b28-21-. The fourth-order valence-corrected chi connectivity index (χ4v) is 3.88. The Bertz CT molecular complexity index is 1340. The van der Waals surface area contributed by atoms with Gasteiger partial charge >= 0.3 is 0 Å². The first kappa shape index (κ1) is 23.3. The van der Waals surface area contributed by atoms with Crippen molar-refractivity contribution in [2.24, 2.45) is 12.1 Å². The minimum absolute atomic E-state index is 0.0735. The maximum absolute atomic E-state index is 13.6. The van der Waals surface area contributed by atoms with E-state index in [9.17, 15) is 18.4 Å². The molecule has 3 heterocycles. The zero-order chi connectivity index (χ0) is 24.5. The summed E-state index contributed by atoms with van der Waals surface area (Å²) >= 11 is 0. The van der Waals surface area contributed by atoms with Crippen molar-refractivity contribution in [3.63, 3.8) is 0 Å². The highest BCUT2D eigenvalue weighted by atomic mass is 19.3. The number of pyridine rings is 1. The van der Waals surface area contributed by atoms with Crippen LogP contribution in [0.5, 0.6) is 0 Å². The van der Waals surface area contributed by atoms with E-state index in [2.05, 4.69) is 10.1 Å². The van der Waals surface area contributed by atoms with Crippen LogP contribution in [0.1, 0.15) is 6.42 Å². The van der Waals surface area contributed by atoms with Gasteiger partial charge in [-0.3, -0.25) is 14.6 Å². The Hall–Kier alpha value is -3.86. The lowest BCUT2D eigenvalue weighted by molar-refractivity contribution is -0.0110. The highest BCUT2D eigenvalue weighted by Crippen LogP contribution is 2.30. The first-order chi connectivity index (χ1) is 16.2. The van der Waals surface area contributed by atoms with E-state index in [0.717, 1.165) is 4.57 Å². The monoisotopic (exact) mass is 470 g/mol. The van der Waals surface area contributed by atoms with Crippen LogP contribution in [0, 0.1) is 0 Å². The van der Waals surface area contributed by atoms with E-state index in [1.165, 1.54) is 15.6 Å². The summed E-state index contributed by atoms with van der Waals surface area (Å²) in [6.07, 6.45) is 0.955. The Labute approximate surface area is 193 Å². The van der Waals surface area contributed by atoms with Gasteiger partial charge in [0.15, 0.2) is 5.49 Å².